The zero-order valence-corrected chi connectivity index (χ0v) is 23.5. The quantitative estimate of drug-likeness (QED) is 0.221. The molecular formula is C24H24Br2ClN3O5. The van der Waals surface area contributed by atoms with Crippen LogP contribution in [-0.2, 0) is 16.0 Å². The molecule has 0 radical (unpaired) electrons. The van der Waals surface area contributed by atoms with E-state index in [1.165, 1.54) is 18.0 Å². The first-order chi connectivity index (χ1) is 16.7. The molecule has 3 aromatic rings. The molecule has 186 valence electrons. The molecule has 0 fully saturated rings. The van der Waals surface area contributed by atoms with Gasteiger partial charge in [0.1, 0.15) is 10.8 Å². The molecule has 0 saturated carbocycles. The Kier molecular flexibility index (Phi) is 9.32. The molecule has 0 aliphatic rings. The number of benzene rings is 2. The van der Waals surface area contributed by atoms with Crippen molar-refractivity contribution >= 4 is 66.5 Å². The first kappa shape index (κ1) is 27.2. The molecule has 0 saturated heterocycles. The van der Waals surface area contributed by atoms with Gasteiger partial charge in [0.2, 0.25) is 0 Å². The summed E-state index contributed by atoms with van der Waals surface area (Å²) in [5.74, 6) is 0.490. The molecule has 0 bridgehead atoms. The normalized spacial score (nSPS) is 12.2. The molecule has 0 aliphatic heterocycles. The Morgan fingerprint density at radius 2 is 2.03 bits per heavy atom. The Balaban J connectivity index is 2.06. The van der Waals surface area contributed by atoms with Crippen LogP contribution in [0.25, 0.3) is 10.9 Å². The van der Waals surface area contributed by atoms with Crippen molar-refractivity contribution in [1.29, 1.82) is 0 Å². The Morgan fingerprint density at radius 1 is 1.29 bits per heavy atom. The van der Waals surface area contributed by atoms with Gasteiger partial charge in [-0.05, 0) is 60.5 Å². The number of aryl methyl sites for hydroxylation is 1. The number of hydrogen-bond acceptors (Lipinski definition) is 7. The van der Waals surface area contributed by atoms with Gasteiger partial charge in [0.25, 0.3) is 5.56 Å². The van der Waals surface area contributed by atoms with Crippen LogP contribution in [-0.4, -0.2) is 41.7 Å². The number of esters is 1. The number of fused-ring (bicyclic) bond motifs is 1. The number of aromatic nitrogens is 2. The van der Waals surface area contributed by atoms with Crippen LogP contribution in [0.5, 0.6) is 11.5 Å². The van der Waals surface area contributed by atoms with Crippen LogP contribution in [0.15, 0.2) is 43.1 Å². The summed E-state index contributed by atoms with van der Waals surface area (Å²) in [6, 6.07) is 7.00. The van der Waals surface area contributed by atoms with E-state index in [-0.39, 0.29) is 28.7 Å². The number of ether oxygens (including phenoxy) is 3. The fourth-order valence-corrected chi connectivity index (χ4v) is 4.27. The molecule has 0 amide bonds. The van der Waals surface area contributed by atoms with E-state index in [0.29, 0.717) is 33.2 Å². The van der Waals surface area contributed by atoms with Gasteiger partial charge in [-0.25, -0.2) is 9.78 Å². The summed E-state index contributed by atoms with van der Waals surface area (Å²) >= 11 is 13.4. The van der Waals surface area contributed by atoms with Gasteiger partial charge in [-0.3, -0.25) is 4.79 Å². The summed E-state index contributed by atoms with van der Waals surface area (Å²) in [6.07, 6.45) is 1.95. The maximum absolute atomic E-state index is 13.2. The van der Waals surface area contributed by atoms with Crippen LogP contribution < -0.4 is 15.0 Å². The van der Waals surface area contributed by atoms with Crippen molar-refractivity contribution in [2.75, 3.05) is 13.7 Å². The Bertz CT molecular complexity index is 1340. The average molecular weight is 630 g/mol. The minimum Gasteiger partial charge on any atom is -0.493 e. The fraction of sp³-hybridized carbons (Fsp3) is 0.333. The van der Waals surface area contributed by atoms with Crippen molar-refractivity contribution in [3.8, 4) is 11.5 Å². The van der Waals surface area contributed by atoms with Gasteiger partial charge in [-0.2, -0.15) is 9.78 Å². The topological polar surface area (TPSA) is 92.0 Å². The Labute approximate surface area is 224 Å². The number of carbonyl (C=O) groups is 1. The molecule has 0 aliphatic carbocycles. The summed E-state index contributed by atoms with van der Waals surface area (Å²) in [6.45, 7) is 5.51. The van der Waals surface area contributed by atoms with E-state index >= 15 is 0 Å². The highest BCUT2D eigenvalue weighted by Crippen LogP contribution is 2.42. The van der Waals surface area contributed by atoms with Crippen molar-refractivity contribution in [3.05, 3.63) is 60.0 Å². The van der Waals surface area contributed by atoms with E-state index in [1.807, 2.05) is 13.0 Å². The average Bonchev–Trinajstić information content (AvgIpc) is 2.83. The van der Waals surface area contributed by atoms with Gasteiger partial charge in [-0.15, -0.1) is 0 Å². The van der Waals surface area contributed by atoms with E-state index in [9.17, 15) is 9.59 Å². The number of carbonyl (C=O) groups excluding carboxylic acids is 1. The summed E-state index contributed by atoms with van der Waals surface area (Å²) in [5, 5.41) is 5.07. The smallest absolute Gasteiger partial charge is 0.347 e. The summed E-state index contributed by atoms with van der Waals surface area (Å²) in [4.78, 5) is 29.9. The molecule has 1 aromatic heterocycles. The molecule has 0 N–H and O–H groups in total. The largest absolute Gasteiger partial charge is 0.493 e. The lowest BCUT2D eigenvalue weighted by atomic mass is 10.2. The van der Waals surface area contributed by atoms with Crippen LogP contribution in [0.4, 0.5) is 0 Å². The molecular weight excluding hydrogens is 606 g/mol. The van der Waals surface area contributed by atoms with Gasteiger partial charge < -0.3 is 14.2 Å². The maximum Gasteiger partial charge on any atom is 0.347 e. The van der Waals surface area contributed by atoms with Crippen LogP contribution in [0, 0.1) is 0 Å². The third kappa shape index (κ3) is 6.05. The minimum atomic E-state index is -0.897. The van der Waals surface area contributed by atoms with E-state index in [0.717, 1.165) is 10.9 Å². The number of nitrogens with zero attached hydrogens (tertiary/aromatic N) is 3. The molecule has 0 spiro atoms. The lowest BCUT2D eigenvalue weighted by molar-refractivity contribution is -0.150. The SMILES string of the molecule is CCCc1nc2ccc(Br)cc2c(=O)n1N=Cc1cc(OC)c(O[C@H](C)C(=O)OCC)c(Cl)c1Br. The van der Waals surface area contributed by atoms with Crippen molar-refractivity contribution < 1.29 is 19.0 Å². The second-order valence-electron chi connectivity index (χ2n) is 7.44. The maximum atomic E-state index is 13.2. The van der Waals surface area contributed by atoms with Crippen molar-refractivity contribution in [2.45, 2.75) is 39.7 Å². The zero-order valence-electron chi connectivity index (χ0n) is 19.6. The zero-order chi connectivity index (χ0) is 25.7. The number of halogens is 3. The molecule has 11 heteroatoms. The lowest BCUT2D eigenvalue weighted by Gasteiger charge is -2.18. The standard InChI is InChI=1S/C24H24Br2ClN3O5/c1-5-7-19-29-17-9-8-15(25)11-16(17)23(31)30(19)28-12-14-10-18(33-4)22(21(27)20(14)26)35-13(3)24(32)34-6-2/h8-13H,5-7H2,1-4H3/t13-/m1/s1. The molecule has 1 atom stereocenters. The lowest BCUT2D eigenvalue weighted by Crippen LogP contribution is -2.26. The van der Waals surface area contributed by atoms with Gasteiger partial charge in [0.15, 0.2) is 17.6 Å². The van der Waals surface area contributed by atoms with Crippen LogP contribution in [0.1, 0.15) is 38.6 Å². The highest BCUT2D eigenvalue weighted by atomic mass is 79.9. The van der Waals surface area contributed by atoms with E-state index < -0.39 is 12.1 Å². The predicted molar refractivity (Wildman–Crippen MR) is 143 cm³/mol. The third-order valence-electron chi connectivity index (χ3n) is 4.95. The summed E-state index contributed by atoms with van der Waals surface area (Å²) < 4.78 is 18.7. The molecule has 1 heterocycles. The highest BCUT2D eigenvalue weighted by Gasteiger charge is 2.23. The van der Waals surface area contributed by atoms with Crippen LogP contribution in [0.2, 0.25) is 5.02 Å². The van der Waals surface area contributed by atoms with Gasteiger partial charge in [0.05, 0.1) is 30.8 Å². The third-order valence-corrected chi connectivity index (χ3v) is 6.89. The first-order valence-electron chi connectivity index (χ1n) is 10.9. The molecule has 2 aromatic carbocycles. The summed E-state index contributed by atoms with van der Waals surface area (Å²) in [5.41, 5.74) is 0.858. The Morgan fingerprint density at radius 3 is 2.69 bits per heavy atom. The predicted octanol–water partition coefficient (Wildman–Crippen LogP) is 5.75. The Hall–Kier alpha value is -2.43. The van der Waals surface area contributed by atoms with E-state index in [4.69, 9.17) is 25.8 Å². The van der Waals surface area contributed by atoms with Gasteiger partial charge in [0, 0.05) is 20.9 Å². The first-order valence-corrected chi connectivity index (χ1v) is 12.8. The number of rotatable bonds is 9. The van der Waals surface area contributed by atoms with Crippen molar-refractivity contribution in [3.63, 3.8) is 0 Å². The number of hydrogen-bond donors (Lipinski definition) is 0. The molecule has 35 heavy (non-hydrogen) atoms. The monoisotopic (exact) mass is 627 g/mol. The van der Waals surface area contributed by atoms with E-state index in [2.05, 4.69) is 41.9 Å². The molecule has 0 unspecified atom stereocenters. The second-order valence-corrected chi connectivity index (χ2v) is 9.52. The minimum absolute atomic E-state index is 0.180. The molecule has 8 nitrogen and oxygen atoms in total. The highest BCUT2D eigenvalue weighted by molar-refractivity contribution is 9.10. The second kappa shape index (κ2) is 12.0. The van der Waals surface area contributed by atoms with E-state index in [1.54, 1.807) is 32.0 Å². The number of methoxy groups -OCH3 is 1. The molecule has 3 rings (SSSR count). The van der Waals surface area contributed by atoms with Gasteiger partial charge >= 0.3 is 5.97 Å². The van der Waals surface area contributed by atoms with Crippen LogP contribution >= 0.6 is 43.5 Å². The van der Waals surface area contributed by atoms with Crippen molar-refractivity contribution in [2.24, 2.45) is 5.10 Å². The summed E-state index contributed by atoms with van der Waals surface area (Å²) in [7, 11) is 1.46. The van der Waals surface area contributed by atoms with Crippen LogP contribution in [0.3, 0.4) is 0 Å². The van der Waals surface area contributed by atoms with Crippen molar-refractivity contribution in [1.82, 2.24) is 9.66 Å². The fourth-order valence-electron chi connectivity index (χ4n) is 3.26. The van der Waals surface area contributed by atoms with Gasteiger partial charge in [-0.1, -0.05) is 34.5 Å².